The van der Waals surface area contributed by atoms with Crippen molar-refractivity contribution in [3.63, 3.8) is 0 Å². The van der Waals surface area contributed by atoms with Crippen molar-refractivity contribution in [2.24, 2.45) is 0 Å². The quantitative estimate of drug-likeness (QED) is 0.353. The van der Waals surface area contributed by atoms with Crippen molar-refractivity contribution in [3.8, 4) is 17.2 Å². The van der Waals surface area contributed by atoms with Gasteiger partial charge < -0.3 is 24.2 Å². The minimum absolute atomic E-state index is 0.00380. The maximum atomic E-state index is 13.0. The Labute approximate surface area is 192 Å². The maximum absolute atomic E-state index is 13.0. The molecule has 1 saturated heterocycles. The number of amides is 1. The molecule has 3 rings (SSSR count). The van der Waals surface area contributed by atoms with Crippen LogP contribution in [-0.4, -0.2) is 49.1 Å². The lowest BCUT2D eigenvalue weighted by Crippen LogP contribution is -2.30. The highest BCUT2D eigenvalue weighted by molar-refractivity contribution is 6.46. The van der Waals surface area contributed by atoms with Gasteiger partial charge in [0.05, 0.1) is 37.5 Å². The summed E-state index contributed by atoms with van der Waals surface area (Å²) in [4.78, 5) is 27.3. The van der Waals surface area contributed by atoms with E-state index in [-0.39, 0.29) is 16.4 Å². The zero-order chi connectivity index (χ0) is 23.4. The number of benzene rings is 2. The van der Waals surface area contributed by atoms with Crippen LogP contribution in [0.5, 0.6) is 17.2 Å². The van der Waals surface area contributed by atoms with E-state index in [9.17, 15) is 14.7 Å². The van der Waals surface area contributed by atoms with E-state index < -0.39 is 17.7 Å². The number of ether oxygens (including phenoxy) is 3. The third-order valence-electron chi connectivity index (χ3n) is 5.23. The van der Waals surface area contributed by atoms with Crippen LogP contribution in [-0.2, 0) is 9.59 Å². The van der Waals surface area contributed by atoms with Gasteiger partial charge in [0.15, 0.2) is 11.5 Å². The molecule has 0 aromatic heterocycles. The molecule has 8 heteroatoms. The van der Waals surface area contributed by atoms with Crippen molar-refractivity contribution in [2.75, 3.05) is 27.4 Å². The molecule has 32 heavy (non-hydrogen) atoms. The third-order valence-corrected chi connectivity index (χ3v) is 5.53. The van der Waals surface area contributed by atoms with Crippen LogP contribution in [0.25, 0.3) is 5.76 Å². The number of hydrogen-bond donors (Lipinski definition) is 1. The van der Waals surface area contributed by atoms with Crippen LogP contribution in [0, 0.1) is 0 Å². The SMILES string of the molecule is CCCN1C(=O)C(=O)/C(=C(\O)c2ccc(OC)c(Cl)c2)C1c1ccc(OCC)c(OC)c1. The molecule has 0 saturated carbocycles. The number of methoxy groups -OCH3 is 2. The number of aliphatic hydroxyl groups is 1. The van der Waals surface area contributed by atoms with Crippen molar-refractivity contribution < 1.29 is 28.9 Å². The molecule has 0 spiro atoms. The summed E-state index contributed by atoms with van der Waals surface area (Å²) >= 11 is 6.21. The molecule has 7 nitrogen and oxygen atoms in total. The van der Waals surface area contributed by atoms with Crippen molar-refractivity contribution in [1.29, 1.82) is 0 Å². The molecular weight excluding hydrogens is 434 g/mol. The van der Waals surface area contributed by atoms with E-state index >= 15 is 0 Å². The van der Waals surface area contributed by atoms with Gasteiger partial charge in [0.1, 0.15) is 11.5 Å². The number of nitrogens with zero attached hydrogens (tertiary/aromatic N) is 1. The first-order valence-electron chi connectivity index (χ1n) is 10.3. The van der Waals surface area contributed by atoms with Crippen LogP contribution in [0.2, 0.25) is 5.02 Å². The molecule has 170 valence electrons. The molecule has 2 aromatic carbocycles. The Balaban J connectivity index is 2.19. The van der Waals surface area contributed by atoms with E-state index in [2.05, 4.69) is 0 Å². The number of halogens is 1. The molecule has 1 N–H and O–H groups in total. The van der Waals surface area contributed by atoms with Crippen LogP contribution in [0.4, 0.5) is 0 Å². The molecule has 1 aliphatic heterocycles. The van der Waals surface area contributed by atoms with E-state index in [1.807, 2.05) is 13.8 Å². The summed E-state index contributed by atoms with van der Waals surface area (Å²) in [6.45, 7) is 4.59. The Morgan fingerprint density at radius 1 is 1.03 bits per heavy atom. The molecule has 1 atom stereocenters. The lowest BCUT2D eigenvalue weighted by Gasteiger charge is -2.25. The van der Waals surface area contributed by atoms with Gasteiger partial charge in [-0.15, -0.1) is 0 Å². The highest BCUT2D eigenvalue weighted by Crippen LogP contribution is 2.42. The van der Waals surface area contributed by atoms with Crippen molar-refractivity contribution in [2.45, 2.75) is 26.3 Å². The maximum Gasteiger partial charge on any atom is 0.295 e. The number of rotatable bonds is 8. The summed E-state index contributed by atoms with van der Waals surface area (Å²) < 4.78 is 16.2. The van der Waals surface area contributed by atoms with Crippen molar-refractivity contribution >= 4 is 29.1 Å². The number of carbonyl (C=O) groups is 2. The van der Waals surface area contributed by atoms with Gasteiger partial charge in [-0.05, 0) is 49.2 Å². The fraction of sp³-hybridized carbons (Fsp3) is 0.333. The Morgan fingerprint density at radius 3 is 2.31 bits per heavy atom. The molecule has 1 unspecified atom stereocenters. The molecule has 1 fully saturated rings. The number of likely N-dealkylation sites (tertiary alicyclic amines) is 1. The van der Waals surface area contributed by atoms with Gasteiger partial charge in [-0.25, -0.2) is 0 Å². The second-order valence-electron chi connectivity index (χ2n) is 7.19. The standard InChI is InChI=1S/C24H26ClNO6/c1-5-11-26-21(14-7-10-18(32-6-2)19(13-14)31-4)20(23(28)24(26)29)22(27)15-8-9-17(30-3)16(25)12-15/h7-10,12-13,21,27H,5-6,11H2,1-4H3/b22-20-. The number of carbonyl (C=O) groups excluding carboxylic acids is 2. The highest BCUT2D eigenvalue weighted by atomic mass is 35.5. The minimum atomic E-state index is -0.777. The molecule has 1 amide bonds. The van der Waals surface area contributed by atoms with Crippen molar-refractivity contribution in [1.82, 2.24) is 4.90 Å². The summed E-state index contributed by atoms with van der Waals surface area (Å²) in [6, 6.07) is 9.12. The molecule has 1 heterocycles. The topological polar surface area (TPSA) is 85.3 Å². The van der Waals surface area contributed by atoms with Crippen LogP contribution >= 0.6 is 11.6 Å². The Hall–Kier alpha value is -3.19. The first-order valence-corrected chi connectivity index (χ1v) is 10.7. The normalized spacial score (nSPS) is 17.5. The summed E-state index contributed by atoms with van der Waals surface area (Å²) in [6.07, 6.45) is 0.645. The van der Waals surface area contributed by atoms with Gasteiger partial charge >= 0.3 is 0 Å². The zero-order valence-corrected chi connectivity index (χ0v) is 19.2. The average molecular weight is 460 g/mol. The predicted molar refractivity (Wildman–Crippen MR) is 121 cm³/mol. The predicted octanol–water partition coefficient (Wildman–Crippen LogP) is 4.59. The molecule has 0 bridgehead atoms. The van der Waals surface area contributed by atoms with Gasteiger partial charge in [0.2, 0.25) is 0 Å². The van der Waals surface area contributed by atoms with Crippen molar-refractivity contribution in [3.05, 3.63) is 58.1 Å². The second kappa shape index (κ2) is 9.96. The average Bonchev–Trinajstić information content (AvgIpc) is 3.04. The molecule has 0 aliphatic carbocycles. The minimum Gasteiger partial charge on any atom is -0.507 e. The number of Topliss-reactive ketones (excluding diaryl/α,β-unsaturated/α-hetero) is 1. The van der Waals surface area contributed by atoms with Gasteiger partial charge in [0, 0.05) is 12.1 Å². The third kappa shape index (κ3) is 4.25. The highest BCUT2D eigenvalue weighted by Gasteiger charge is 2.45. The monoisotopic (exact) mass is 459 g/mol. The largest absolute Gasteiger partial charge is 0.507 e. The lowest BCUT2D eigenvalue weighted by molar-refractivity contribution is -0.139. The fourth-order valence-electron chi connectivity index (χ4n) is 3.80. The van der Waals surface area contributed by atoms with E-state index in [1.165, 1.54) is 25.2 Å². The van der Waals surface area contributed by atoms with Gasteiger partial charge in [-0.1, -0.05) is 24.6 Å². The lowest BCUT2D eigenvalue weighted by atomic mass is 9.95. The second-order valence-corrected chi connectivity index (χ2v) is 7.59. The molecular formula is C24H26ClNO6. The first-order chi connectivity index (χ1) is 15.4. The summed E-state index contributed by atoms with van der Waals surface area (Å²) in [5.74, 6) is -0.259. The Kier molecular flexibility index (Phi) is 7.30. The van der Waals surface area contributed by atoms with E-state index in [0.29, 0.717) is 47.9 Å². The number of hydrogen-bond acceptors (Lipinski definition) is 6. The van der Waals surface area contributed by atoms with E-state index in [1.54, 1.807) is 30.3 Å². The number of ketones is 1. The zero-order valence-electron chi connectivity index (χ0n) is 18.5. The van der Waals surface area contributed by atoms with Crippen LogP contribution in [0.3, 0.4) is 0 Å². The van der Waals surface area contributed by atoms with Crippen LogP contribution < -0.4 is 14.2 Å². The van der Waals surface area contributed by atoms with Crippen LogP contribution in [0.1, 0.15) is 37.4 Å². The molecule has 1 aliphatic rings. The smallest absolute Gasteiger partial charge is 0.295 e. The summed E-state index contributed by atoms with van der Waals surface area (Å²) in [5.41, 5.74) is 0.934. The van der Waals surface area contributed by atoms with E-state index in [4.69, 9.17) is 25.8 Å². The first kappa shape index (κ1) is 23.5. The Morgan fingerprint density at radius 2 is 1.72 bits per heavy atom. The van der Waals surface area contributed by atoms with Gasteiger partial charge in [-0.2, -0.15) is 0 Å². The summed E-state index contributed by atoms with van der Waals surface area (Å²) in [7, 11) is 3.00. The Bertz CT molecular complexity index is 1060. The van der Waals surface area contributed by atoms with Crippen LogP contribution in [0.15, 0.2) is 42.0 Å². The van der Waals surface area contributed by atoms with E-state index in [0.717, 1.165) is 0 Å². The molecule has 2 aromatic rings. The fourth-order valence-corrected chi connectivity index (χ4v) is 4.05. The molecule has 0 radical (unpaired) electrons. The van der Waals surface area contributed by atoms with Gasteiger partial charge in [0.25, 0.3) is 11.7 Å². The number of aliphatic hydroxyl groups excluding tert-OH is 1. The van der Waals surface area contributed by atoms with Gasteiger partial charge in [-0.3, -0.25) is 9.59 Å². The summed E-state index contributed by atoms with van der Waals surface area (Å²) in [5, 5.41) is 11.4.